The molecule has 1 unspecified atom stereocenters. The van der Waals surface area contributed by atoms with E-state index in [9.17, 15) is 0 Å². The molecule has 0 spiro atoms. The van der Waals surface area contributed by atoms with Crippen LogP contribution in [0.4, 0.5) is 5.13 Å². The maximum atomic E-state index is 5.70. The van der Waals surface area contributed by atoms with E-state index in [4.69, 9.17) is 5.73 Å². The van der Waals surface area contributed by atoms with Crippen molar-refractivity contribution >= 4 is 16.5 Å². The van der Waals surface area contributed by atoms with Gasteiger partial charge in [-0.15, -0.1) is 17.9 Å². The van der Waals surface area contributed by atoms with Gasteiger partial charge in [-0.2, -0.15) is 0 Å². The summed E-state index contributed by atoms with van der Waals surface area (Å²) in [5.41, 5.74) is 6.07. The fraction of sp³-hybridized carbons (Fsp3) is 0.643. The lowest BCUT2D eigenvalue weighted by atomic mass is 9.75. The molecular formula is C14H23N3S. The van der Waals surface area contributed by atoms with Crippen LogP contribution in [-0.2, 0) is 6.54 Å². The fourth-order valence-electron chi connectivity index (χ4n) is 2.97. The van der Waals surface area contributed by atoms with Gasteiger partial charge in [0.2, 0.25) is 0 Å². The summed E-state index contributed by atoms with van der Waals surface area (Å²) in [7, 11) is 0. The molecule has 2 rings (SSSR count). The summed E-state index contributed by atoms with van der Waals surface area (Å²) in [6.45, 7) is 10.8. The minimum Gasteiger partial charge on any atom is -0.375 e. The van der Waals surface area contributed by atoms with Gasteiger partial charge in [0.1, 0.15) is 0 Å². The Morgan fingerprint density at radius 1 is 1.67 bits per heavy atom. The topological polar surface area (TPSA) is 42.2 Å². The van der Waals surface area contributed by atoms with E-state index in [0.717, 1.165) is 13.0 Å². The molecule has 18 heavy (non-hydrogen) atoms. The quantitative estimate of drug-likeness (QED) is 0.849. The molecule has 2 heterocycles. The van der Waals surface area contributed by atoms with E-state index < -0.39 is 0 Å². The van der Waals surface area contributed by atoms with Crippen LogP contribution in [0.5, 0.6) is 0 Å². The molecule has 0 amide bonds. The zero-order chi connectivity index (χ0) is 13.2. The Hall–Kier alpha value is -0.870. The molecule has 0 radical (unpaired) electrons. The predicted octanol–water partition coefficient (Wildman–Crippen LogP) is 3.29. The molecule has 1 fully saturated rings. The average molecular weight is 265 g/mol. The van der Waals surface area contributed by atoms with Crippen LogP contribution >= 0.6 is 11.3 Å². The van der Waals surface area contributed by atoms with Crippen molar-refractivity contribution in [3.63, 3.8) is 0 Å². The van der Waals surface area contributed by atoms with Crippen LogP contribution in [0.3, 0.4) is 0 Å². The number of piperidine rings is 1. The number of rotatable bonds is 4. The molecule has 0 bridgehead atoms. The smallest absolute Gasteiger partial charge is 0.180 e. The number of thiazole rings is 1. The Labute approximate surface area is 114 Å². The van der Waals surface area contributed by atoms with Crippen molar-refractivity contribution in [2.45, 2.75) is 45.7 Å². The summed E-state index contributed by atoms with van der Waals surface area (Å²) < 4.78 is 0. The second-order valence-electron chi connectivity index (χ2n) is 5.77. The SMILES string of the molecule is C=CCC1N(Cc2cnc(N)s2)CCCC1(C)C. The average Bonchev–Trinajstić information content (AvgIpc) is 2.69. The monoisotopic (exact) mass is 265 g/mol. The normalized spacial score (nSPS) is 24.0. The number of likely N-dealkylation sites (tertiary alicyclic amines) is 1. The van der Waals surface area contributed by atoms with Crippen LogP contribution < -0.4 is 5.73 Å². The molecule has 100 valence electrons. The predicted molar refractivity (Wildman–Crippen MR) is 78.6 cm³/mol. The largest absolute Gasteiger partial charge is 0.375 e. The van der Waals surface area contributed by atoms with Gasteiger partial charge in [-0.1, -0.05) is 19.9 Å². The third kappa shape index (κ3) is 2.93. The summed E-state index contributed by atoms with van der Waals surface area (Å²) in [6, 6.07) is 0.576. The first-order chi connectivity index (χ1) is 8.53. The van der Waals surface area contributed by atoms with Gasteiger partial charge < -0.3 is 5.73 Å². The van der Waals surface area contributed by atoms with E-state index in [2.05, 4.69) is 30.3 Å². The number of nitrogens with two attached hydrogens (primary N) is 1. The molecule has 0 saturated carbocycles. The van der Waals surface area contributed by atoms with Gasteiger partial charge in [0.05, 0.1) is 0 Å². The highest BCUT2D eigenvalue weighted by Gasteiger charge is 2.36. The van der Waals surface area contributed by atoms with Crippen LogP contribution in [-0.4, -0.2) is 22.5 Å². The summed E-state index contributed by atoms with van der Waals surface area (Å²) in [5.74, 6) is 0. The van der Waals surface area contributed by atoms with Gasteiger partial charge in [0.15, 0.2) is 5.13 Å². The van der Waals surface area contributed by atoms with Crippen LogP contribution in [0.1, 0.15) is 38.0 Å². The minimum absolute atomic E-state index is 0.364. The van der Waals surface area contributed by atoms with Gasteiger partial charge in [-0.05, 0) is 31.2 Å². The van der Waals surface area contributed by atoms with E-state index >= 15 is 0 Å². The Bertz CT molecular complexity index is 411. The maximum absolute atomic E-state index is 5.70. The van der Waals surface area contributed by atoms with Crippen molar-refractivity contribution in [1.82, 2.24) is 9.88 Å². The second kappa shape index (κ2) is 5.41. The summed E-state index contributed by atoms with van der Waals surface area (Å²) in [6.07, 6.45) is 7.58. The molecule has 3 nitrogen and oxygen atoms in total. The van der Waals surface area contributed by atoms with Gasteiger partial charge in [0.25, 0.3) is 0 Å². The van der Waals surface area contributed by atoms with Crippen LogP contribution in [0.2, 0.25) is 0 Å². The standard InChI is InChI=1S/C14H23N3S/c1-4-6-12-14(2,3)7-5-8-17(12)10-11-9-16-13(15)18-11/h4,9,12H,1,5-8,10H2,2-3H3,(H2,15,16). The van der Waals surface area contributed by atoms with Crippen molar-refractivity contribution in [3.05, 3.63) is 23.7 Å². The number of nitrogens with zero attached hydrogens (tertiary/aromatic N) is 2. The molecular weight excluding hydrogens is 242 g/mol. The number of aromatic nitrogens is 1. The fourth-order valence-corrected chi connectivity index (χ4v) is 3.68. The van der Waals surface area contributed by atoms with E-state index in [1.165, 1.54) is 24.3 Å². The van der Waals surface area contributed by atoms with Gasteiger partial charge in [-0.25, -0.2) is 4.98 Å². The lowest BCUT2D eigenvalue weighted by Gasteiger charge is -2.46. The highest BCUT2D eigenvalue weighted by Crippen LogP contribution is 2.38. The first-order valence-electron chi connectivity index (χ1n) is 6.58. The second-order valence-corrected chi connectivity index (χ2v) is 6.91. The third-order valence-electron chi connectivity index (χ3n) is 3.93. The molecule has 0 aliphatic carbocycles. The molecule has 2 N–H and O–H groups in total. The van der Waals surface area contributed by atoms with Crippen molar-refractivity contribution in [1.29, 1.82) is 0 Å². The van der Waals surface area contributed by atoms with Crippen molar-refractivity contribution in [3.8, 4) is 0 Å². The number of nitrogen functional groups attached to an aromatic ring is 1. The molecule has 1 atom stereocenters. The molecule has 1 aliphatic rings. The highest BCUT2D eigenvalue weighted by molar-refractivity contribution is 7.15. The van der Waals surface area contributed by atoms with Crippen molar-refractivity contribution in [2.75, 3.05) is 12.3 Å². The Morgan fingerprint density at radius 3 is 3.06 bits per heavy atom. The van der Waals surface area contributed by atoms with Crippen molar-refractivity contribution in [2.24, 2.45) is 5.41 Å². The summed E-state index contributed by atoms with van der Waals surface area (Å²) in [4.78, 5) is 7.97. The van der Waals surface area contributed by atoms with Crippen molar-refractivity contribution < 1.29 is 0 Å². The number of hydrogen-bond donors (Lipinski definition) is 1. The van der Waals surface area contributed by atoms with Crippen LogP contribution in [0, 0.1) is 5.41 Å². The molecule has 1 aromatic rings. The minimum atomic E-state index is 0.364. The summed E-state index contributed by atoms with van der Waals surface area (Å²) in [5, 5.41) is 0.668. The summed E-state index contributed by atoms with van der Waals surface area (Å²) >= 11 is 1.60. The first-order valence-corrected chi connectivity index (χ1v) is 7.40. The number of hydrogen-bond acceptors (Lipinski definition) is 4. The van der Waals surface area contributed by atoms with E-state index in [1.807, 2.05) is 12.3 Å². The third-order valence-corrected chi connectivity index (χ3v) is 4.74. The van der Waals surface area contributed by atoms with E-state index in [-0.39, 0.29) is 0 Å². The number of anilines is 1. The zero-order valence-electron chi connectivity index (χ0n) is 11.4. The van der Waals surface area contributed by atoms with Gasteiger partial charge in [-0.3, -0.25) is 4.90 Å². The van der Waals surface area contributed by atoms with Gasteiger partial charge >= 0.3 is 0 Å². The van der Waals surface area contributed by atoms with E-state index in [0.29, 0.717) is 16.6 Å². The first kappa shape index (κ1) is 13.6. The van der Waals surface area contributed by atoms with E-state index in [1.54, 1.807) is 11.3 Å². The highest BCUT2D eigenvalue weighted by atomic mass is 32.1. The van der Waals surface area contributed by atoms with Crippen LogP contribution in [0.15, 0.2) is 18.9 Å². The molecule has 1 aliphatic heterocycles. The molecule has 1 saturated heterocycles. The Balaban J connectivity index is 2.11. The zero-order valence-corrected chi connectivity index (χ0v) is 12.2. The molecule has 4 heteroatoms. The molecule has 1 aromatic heterocycles. The maximum Gasteiger partial charge on any atom is 0.180 e. The Morgan fingerprint density at radius 2 is 2.44 bits per heavy atom. The Kier molecular flexibility index (Phi) is 4.07. The van der Waals surface area contributed by atoms with Crippen LogP contribution in [0.25, 0.3) is 0 Å². The van der Waals surface area contributed by atoms with Gasteiger partial charge in [0, 0.05) is 23.7 Å². The lowest BCUT2D eigenvalue weighted by molar-refractivity contribution is 0.0340. The lowest BCUT2D eigenvalue weighted by Crippen LogP contribution is -2.48. The molecule has 0 aromatic carbocycles.